The van der Waals surface area contributed by atoms with E-state index in [9.17, 15) is 4.79 Å². The maximum Gasteiger partial charge on any atom is 0.237 e. The summed E-state index contributed by atoms with van der Waals surface area (Å²) < 4.78 is 0. The van der Waals surface area contributed by atoms with E-state index in [0.717, 1.165) is 19.4 Å². The minimum Gasteiger partial charge on any atom is -0.353 e. The molecule has 3 atom stereocenters. The van der Waals surface area contributed by atoms with Crippen LogP contribution in [0, 0.1) is 0 Å². The molecule has 17 heavy (non-hydrogen) atoms. The summed E-state index contributed by atoms with van der Waals surface area (Å²) in [4.78, 5) is 14.2. The number of carbonyl (C=O) groups excluding carboxylic acids is 1. The van der Waals surface area contributed by atoms with Crippen LogP contribution in [0.4, 0.5) is 0 Å². The zero-order valence-corrected chi connectivity index (χ0v) is 11.8. The summed E-state index contributed by atoms with van der Waals surface area (Å²) in [5.41, 5.74) is 0. The fourth-order valence-electron chi connectivity index (χ4n) is 2.28. The van der Waals surface area contributed by atoms with Crippen LogP contribution in [-0.4, -0.2) is 48.6 Å². The van der Waals surface area contributed by atoms with Gasteiger partial charge >= 0.3 is 0 Å². The Bertz CT molecular complexity index is 255. The predicted molar refractivity (Wildman–Crippen MR) is 71.0 cm³/mol. The molecule has 4 nitrogen and oxygen atoms in total. The van der Waals surface area contributed by atoms with Crippen LogP contribution in [0.15, 0.2) is 0 Å². The topological polar surface area (TPSA) is 44.4 Å². The molecule has 2 N–H and O–H groups in total. The van der Waals surface area contributed by atoms with Crippen LogP contribution in [-0.2, 0) is 4.79 Å². The summed E-state index contributed by atoms with van der Waals surface area (Å²) in [6.07, 6.45) is 2.25. The van der Waals surface area contributed by atoms with Gasteiger partial charge in [0.25, 0.3) is 0 Å². The Hall–Kier alpha value is -0.610. The highest BCUT2D eigenvalue weighted by molar-refractivity contribution is 5.81. The SMILES string of the molecule is CC(C)NC(=O)C(C)NC1CCN(C)C(C)C1. The maximum atomic E-state index is 11.8. The van der Waals surface area contributed by atoms with Crippen LogP contribution in [0.2, 0.25) is 0 Å². The normalized spacial score (nSPS) is 28.1. The molecule has 0 aromatic rings. The summed E-state index contributed by atoms with van der Waals surface area (Å²) in [6.45, 7) is 9.27. The highest BCUT2D eigenvalue weighted by Gasteiger charge is 2.25. The second-order valence-corrected chi connectivity index (χ2v) is 5.60. The molecule has 1 fully saturated rings. The molecule has 0 bridgehead atoms. The average Bonchev–Trinajstić information content (AvgIpc) is 2.22. The number of carbonyl (C=O) groups is 1. The third-order valence-corrected chi connectivity index (χ3v) is 3.52. The minimum atomic E-state index is -0.0991. The van der Waals surface area contributed by atoms with Crippen molar-refractivity contribution >= 4 is 5.91 Å². The molecule has 1 amide bonds. The van der Waals surface area contributed by atoms with Gasteiger partial charge in [-0.2, -0.15) is 0 Å². The van der Waals surface area contributed by atoms with Crippen molar-refractivity contribution in [2.75, 3.05) is 13.6 Å². The lowest BCUT2D eigenvalue weighted by Gasteiger charge is -2.36. The van der Waals surface area contributed by atoms with Gasteiger partial charge in [-0.25, -0.2) is 0 Å². The molecule has 1 heterocycles. The van der Waals surface area contributed by atoms with Gasteiger partial charge in [0.15, 0.2) is 0 Å². The summed E-state index contributed by atoms with van der Waals surface area (Å²) in [6, 6.07) is 1.18. The monoisotopic (exact) mass is 241 g/mol. The second-order valence-electron chi connectivity index (χ2n) is 5.60. The van der Waals surface area contributed by atoms with E-state index in [1.54, 1.807) is 0 Å². The molecular weight excluding hydrogens is 214 g/mol. The number of likely N-dealkylation sites (tertiary alicyclic amines) is 1. The number of rotatable bonds is 4. The van der Waals surface area contributed by atoms with Crippen molar-refractivity contribution in [3.63, 3.8) is 0 Å². The summed E-state index contributed by atoms with van der Waals surface area (Å²) in [7, 11) is 2.16. The van der Waals surface area contributed by atoms with Crippen LogP contribution >= 0.6 is 0 Å². The lowest BCUT2D eigenvalue weighted by molar-refractivity contribution is -0.123. The molecule has 0 aliphatic carbocycles. The zero-order valence-electron chi connectivity index (χ0n) is 11.8. The molecule has 1 rings (SSSR count). The van der Waals surface area contributed by atoms with E-state index in [1.165, 1.54) is 0 Å². The fourth-order valence-corrected chi connectivity index (χ4v) is 2.28. The summed E-state index contributed by atoms with van der Waals surface area (Å²) >= 11 is 0. The molecule has 1 aliphatic heterocycles. The highest BCUT2D eigenvalue weighted by atomic mass is 16.2. The number of piperidine rings is 1. The lowest BCUT2D eigenvalue weighted by atomic mass is 9.98. The maximum absolute atomic E-state index is 11.8. The van der Waals surface area contributed by atoms with Gasteiger partial charge in [0.1, 0.15) is 0 Å². The molecular formula is C13H27N3O. The van der Waals surface area contributed by atoms with Gasteiger partial charge in [0.2, 0.25) is 5.91 Å². The van der Waals surface area contributed by atoms with E-state index < -0.39 is 0 Å². The fraction of sp³-hybridized carbons (Fsp3) is 0.923. The molecule has 4 heteroatoms. The van der Waals surface area contributed by atoms with Crippen molar-refractivity contribution in [3.8, 4) is 0 Å². The van der Waals surface area contributed by atoms with E-state index in [4.69, 9.17) is 0 Å². The van der Waals surface area contributed by atoms with Gasteiger partial charge < -0.3 is 15.5 Å². The zero-order chi connectivity index (χ0) is 13.0. The van der Waals surface area contributed by atoms with Crippen molar-refractivity contribution in [1.82, 2.24) is 15.5 Å². The first-order valence-electron chi connectivity index (χ1n) is 6.66. The molecule has 1 saturated heterocycles. The predicted octanol–water partition coefficient (Wildman–Crippen LogP) is 0.972. The summed E-state index contributed by atoms with van der Waals surface area (Å²) in [5.74, 6) is 0.103. The largest absolute Gasteiger partial charge is 0.353 e. The van der Waals surface area contributed by atoms with Crippen LogP contribution < -0.4 is 10.6 Å². The van der Waals surface area contributed by atoms with Crippen molar-refractivity contribution < 1.29 is 4.79 Å². The molecule has 0 aromatic carbocycles. The number of hydrogen-bond acceptors (Lipinski definition) is 3. The van der Waals surface area contributed by atoms with Gasteiger partial charge in [-0.15, -0.1) is 0 Å². The minimum absolute atomic E-state index is 0.0991. The molecule has 0 saturated carbocycles. The molecule has 100 valence electrons. The molecule has 0 aromatic heterocycles. The van der Waals surface area contributed by atoms with E-state index in [1.807, 2.05) is 20.8 Å². The smallest absolute Gasteiger partial charge is 0.237 e. The van der Waals surface area contributed by atoms with Crippen LogP contribution in [0.1, 0.15) is 40.5 Å². The Morgan fingerprint density at radius 3 is 2.53 bits per heavy atom. The van der Waals surface area contributed by atoms with Gasteiger partial charge in [-0.05, 0) is 54.1 Å². The summed E-state index contributed by atoms with van der Waals surface area (Å²) in [5, 5.41) is 6.38. The number of nitrogens with one attached hydrogen (secondary N) is 2. The number of amides is 1. The Labute approximate surface area is 105 Å². The van der Waals surface area contributed by atoms with Gasteiger partial charge in [-0.3, -0.25) is 4.79 Å². The highest BCUT2D eigenvalue weighted by Crippen LogP contribution is 2.15. The van der Waals surface area contributed by atoms with E-state index >= 15 is 0 Å². The molecule has 3 unspecified atom stereocenters. The Balaban J connectivity index is 2.36. The van der Waals surface area contributed by atoms with Crippen LogP contribution in [0.25, 0.3) is 0 Å². The first-order valence-corrected chi connectivity index (χ1v) is 6.66. The van der Waals surface area contributed by atoms with Crippen LogP contribution in [0.3, 0.4) is 0 Å². The van der Waals surface area contributed by atoms with Crippen molar-refractivity contribution in [3.05, 3.63) is 0 Å². The first-order chi connectivity index (χ1) is 7.90. The van der Waals surface area contributed by atoms with Crippen molar-refractivity contribution in [2.45, 2.75) is 64.7 Å². The quantitative estimate of drug-likeness (QED) is 0.771. The second kappa shape index (κ2) is 6.36. The third kappa shape index (κ3) is 4.64. The molecule has 1 aliphatic rings. The lowest BCUT2D eigenvalue weighted by Crippen LogP contribution is -2.52. The molecule has 0 radical (unpaired) electrons. The first kappa shape index (κ1) is 14.5. The standard InChI is InChI=1S/C13H27N3O/c1-9(2)14-13(17)11(4)15-12-6-7-16(5)10(3)8-12/h9-12,15H,6-8H2,1-5H3,(H,14,17). The Morgan fingerprint density at radius 1 is 1.35 bits per heavy atom. The Morgan fingerprint density at radius 2 is 2.00 bits per heavy atom. The van der Waals surface area contributed by atoms with Gasteiger partial charge in [-0.1, -0.05) is 0 Å². The van der Waals surface area contributed by atoms with Crippen molar-refractivity contribution in [1.29, 1.82) is 0 Å². The van der Waals surface area contributed by atoms with Gasteiger partial charge in [0.05, 0.1) is 6.04 Å². The number of nitrogens with zero attached hydrogens (tertiary/aromatic N) is 1. The third-order valence-electron chi connectivity index (χ3n) is 3.52. The van der Waals surface area contributed by atoms with Crippen molar-refractivity contribution in [2.24, 2.45) is 0 Å². The average molecular weight is 241 g/mol. The Kier molecular flexibility index (Phi) is 5.40. The van der Waals surface area contributed by atoms with E-state index in [-0.39, 0.29) is 18.0 Å². The van der Waals surface area contributed by atoms with Gasteiger partial charge in [0, 0.05) is 18.1 Å². The molecule has 0 spiro atoms. The van der Waals surface area contributed by atoms with E-state index in [0.29, 0.717) is 12.1 Å². The van der Waals surface area contributed by atoms with E-state index in [2.05, 4.69) is 29.5 Å². The number of hydrogen-bond donors (Lipinski definition) is 2. The van der Waals surface area contributed by atoms with Crippen LogP contribution in [0.5, 0.6) is 0 Å².